The van der Waals surface area contributed by atoms with Crippen LogP contribution in [0.4, 0.5) is 0 Å². The van der Waals surface area contributed by atoms with Gasteiger partial charge in [-0.15, -0.1) is 0 Å². The SMILES string of the molecule is CN1CCCC2(CCCN2S(=O)(=O)Cc2ccccc2)C1=O. The van der Waals surface area contributed by atoms with Crippen LogP contribution in [0.25, 0.3) is 0 Å². The monoisotopic (exact) mass is 322 g/mol. The zero-order valence-corrected chi connectivity index (χ0v) is 13.7. The second-order valence-corrected chi connectivity index (χ2v) is 8.17. The lowest BCUT2D eigenvalue weighted by Crippen LogP contribution is -2.60. The molecule has 0 radical (unpaired) electrons. The van der Waals surface area contributed by atoms with E-state index in [2.05, 4.69) is 0 Å². The second-order valence-electron chi connectivity index (χ2n) is 6.28. The molecule has 2 aliphatic heterocycles. The minimum atomic E-state index is -3.49. The van der Waals surface area contributed by atoms with Crippen LogP contribution < -0.4 is 0 Å². The summed E-state index contributed by atoms with van der Waals surface area (Å²) in [4.78, 5) is 14.4. The van der Waals surface area contributed by atoms with E-state index < -0.39 is 15.6 Å². The standard InChI is InChI=1S/C16H22N2O3S/c1-17-11-5-9-16(15(17)19)10-6-12-18(16)22(20,21)13-14-7-3-2-4-8-14/h2-4,7-8H,5-6,9-13H2,1H3. The first-order valence-electron chi connectivity index (χ1n) is 7.76. The molecule has 2 heterocycles. The van der Waals surface area contributed by atoms with E-state index in [0.717, 1.165) is 18.4 Å². The van der Waals surface area contributed by atoms with Gasteiger partial charge in [-0.2, -0.15) is 4.31 Å². The lowest BCUT2D eigenvalue weighted by Gasteiger charge is -2.42. The average molecular weight is 322 g/mol. The molecular weight excluding hydrogens is 300 g/mol. The van der Waals surface area contributed by atoms with Crippen LogP contribution in [0.1, 0.15) is 31.2 Å². The molecule has 0 N–H and O–H groups in total. The van der Waals surface area contributed by atoms with Crippen molar-refractivity contribution in [1.29, 1.82) is 0 Å². The van der Waals surface area contributed by atoms with Gasteiger partial charge in [0.25, 0.3) is 0 Å². The van der Waals surface area contributed by atoms with Gasteiger partial charge >= 0.3 is 0 Å². The van der Waals surface area contributed by atoms with Gasteiger partial charge in [0.15, 0.2) is 0 Å². The zero-order valence-electron chi connectivity index (χ0n) is 12.9. The Morgan fingerprint density at radius 1 is 1.09 bits per heavy atom. The Morgan fingerprint density at radius 2 is 1.73 bits per heavy atom. The van der Waals surface area contributed by atoms with Gasteiger partial charge < -0.3 is 4.90 Å². The Bertz CT molecular complexity index is 659. The number of likely N-dealkylation sites (tertiary alicyclic amines) is 1. The lowest BCUT2D eigenvalue weighted by atomic mass is 9.87. The highest BCUT2D eigenvalue weighted by Crippen LogP contribution is 2.40. The molecule has 22 heavy (non-hydrogen) atoms. The van der Waals surface area contributed by atoms with Crippen molar-refractivity contribution in [3.05, 3.63) is 35.9 Å². The molecule has 6 heteroatoms. The van der Waals surface area contributed by atoms with Crippen molar-refractivity contribution in [1.82, 2.24) is 9.21 Å². The molecule has 2 fully saturated rings. The van der Waals surface area contributed by atoms with Crippen LogP contribution in [0.3, 0.4) is 0 Å². The first kappa shape index (κ1) is 15.5. The van der Waals surface area contributed by atoms with Gasteiger partial charge in [0.2, 0.25) is 15.9 Å². The Kier molecular flexibility index (Phi) is 3.99. The highest BCUT2D eigenvalue weighted by molar-refractivity contribution is 7.88. The van der Waals surface area contributed by atoms with Crippen LogP contribution in [-0.2, 0) is 20.6 Å². The van der Waals surface area contributed by atoms with Gasteiger partial charge in [-0.1, -0.05) is 30.3 Å². The molecular formula is C16H22N2O3S. The van der Waals surface area contributed by atoms with E-state index in [1.165, 1.54) is 4.31 Å². The van der Waals surface area contributed by atoms with E-state index in [4.69, 9.17) is 0 Å². The highest BCUT2D eigenvalue weighted by atomic mass is 32.2. The van der Waals surface area contributed by atoms with Crippen LogP contribution in [0, 0.1) is 0 Å². The topological polar surface area (TPSA) is 57.7 Å². The third-order valence-corrected chi connectivity index (χ3v) is 6.69. The fraction of sp³-hybridized carbons (Fsp3) is 0.562. The van der Waals surface area contributed by atoms with E-state index in [9.17, 15) is 13.2 Å². The number of sulfonamides is 1. The predicted molar refractivity (Wildman–Crippen MR) is 84.6 cm³/mol. The molecule has 2 saturated heterocycles. The molecule has 1 aromatic rings. The number of benzene rings is 1. The summed E-state index contributed by atoms with van der Waals surface area (Å²) in [6.45, 7) is 1.17. The van der Waals surface area contributed by atoms with Crippen molar-refractivity contribution in [3.8, 4) is 0 Å². The summed E-state index contributed by atoms with van der Waals surface area (Å²) in [5.41, 5.74) is -0.0678. The molecule has 0 saturated carbocycles. The number of rotatable bonds is 3. The fourth-order valence-electron chi connectivity index (χ4n) is 3.76. The number of piperidine rings is 1. The maximum absolute atomic E-state index is 12.9. The van der Waals surface area contributed by atoms with Gasteiger partial charge in [0, 0.05) is 20.1 Å². The molecule has 1 unspecified atom stereocenters. The van der Waals surface area contributed by atoms with Crippen LogP contribution in [-0.4, -0.2) is 49.2 Å². The molecule has 1 aromatic carbocycles. The van der Waals surface area contributed by atoms with Gasteiger partial charge in [0.05, 0.1) is 5.75 Å². The van der Waals surface area contributed by atoms with Gasteiger partial charge in [0.1, 0.15) is 5.54 Å². The minimum absolute atomic E-state index is 0.0344. The average Bonchev–Trinajstić information content (AvgIpc) is 2.91. The summed E-state index contributed by atoms with van der Waals surface area (Å²) in [6.07, 6.45) is 2.90. The normalized spacial score (nSPS) is 26.8. The molecule has 0 bridgehead atoms. The molecule has 0 aromatic heterocycles. The van der Waals surface area contributed by atoms with E-state index in [0.29, 0.717) is 25.9 Å². The Morgan fingerprint density at radius 3 is 2.41 bits per heavy atom. The molecule has 3 rings (SSSR count). The number of amides is 1. The number of nitrogens with zero attached hydrogens (tertiary/aromatic N) is 2. The summed E-state index contributed by atoms with van der Waals surface area (Å²) in [7, 11) is -1.72. The van der Waals surface area contributed by atoms with Crippen molar-refractivity contribution < 1.29 is 13.2 Å². The second kappa shape index (κ2) is 5.66. The maximum Gasteiger partial charge on any atom is 0.243 e. The highest BCUT2D eigenvalue weighted by Gasteiger charge is 2.54. The molecule has 120 valence electrons. The van der Waals surface area contributed by atoms with Crippen molar-refractivity contribution in [2.24, 2.45) is 0 Å². The predicted octanol–water partition coefficient (Wildman–Crippen LogP) is 1.60. The van der Waals surface area contributed by atoms with Crippen molar-refractivity contribution in [2.45, 2.75) is 37.0 Å². The van der Waals surface area contributed by atoms with E-state index in [-0.39, 0.29) is 11.7 Å². The first-order chi connectivity index (χ1) is 10.5. The lowest BCUT2D eigenvalue weighted by molar-refractivity contribution is -0.142. The summed E-state index contributed by atoms with van der Waals surface area (Å²) in [5.74, 6) is -0.0695. The van der Waals surface area contributed by atoms with Gasteiger partial charge in [-0.3, -0.25) is 4.79 Å². The Hall–Kier alpha value is -1.40. The molecule has 1 amide bonds. The third-order valence-electron chi connectivity index (χ3n) is 4.79. The number of likely N-dealkylation sites (N-methyl/N-ethyl adjacent to an activating group) is 1. The summed E-state index contributed by atoms with van der Waals surface area (Å²) in [6, 6.07) is 9.17. The number of carbonyl (C=O) groups is 1. The summed E-state index contributed by atoms with van der Waals surface area (Å²) in [5, 5.41) is 0. The van der Waals surface area contributed by atoms with Gasteiger partial charge in [-0.25, -0.2) is 8.42 Å². The number of hydrogen-bond acceptors (Lipinski definition) is 3. The first-order valence-corrected chi connectivity index (χ1v) is 9.37. The van der Waals surface area contributed by atoms with Crippen LogP contribution >= 0.6 is 0 Å². The van der Waals surface area contributed by atoms with Crippen molar-refractivity contribution in [3.63, 3.8) is 0 Å². The van der Waals surface area contributed by atoms with E-state index in [1.54, 1.807) is 11.9 Å². The third kappa shape index (κ3) is 2.54. The Balaban J connectivity index is 1.91. The van der Waals surface area contributed by atoms with Gasteiger partial charge in [-0.05, 0) is 31.2 Å². The summed E-state index contributed by atoms with van der Waals surface area (Å²) >= 11 is 0. The minimum Gasteiger partial charge on any atom is -0.344 e. The van der Waals surface area contributed by atoms with Crippen molar-refractivity contribution in [2.75, 3.05) is 20.1 Å². The smallest absolute Gasteiger partial charge is 0.243 e. The van der Waals surface area contributed by atoms with Crippen LogP contribution in [0.2, 0.25) is 0 Å². The van der Waals surface area contributed by atoms with Crippen molar-refractivity contribution >= 4 is 15.9 Å². The van der Waals surface area contributed by atoms with Crippen LogP contribution in [0.15, 0.2) is 30.3 Å². The quantitative estimate of drug-likeness (QED) is 0.849. The molecule has 1 atom stereocenters. The molecule has 2 aliphatic rings. The summed E-state index contributed by atoms with van der Waals surface area (Å²) < 4.78 is 27.3. The zero-order chi connectivity index (χ0) is 15.8. The fourth-order valence-corrected chi connectivity index (χ4v) is 5.73. The Labute approximate surface area is 132 Å². The largest absolute Gasteiger partial charge is 0.344 e. The molecule has 0 aliphatic carbocycles. The van der Waals surface area contributed by atoms with E-state index >= 15 is 0 Å². The van der Waals surface area contributed by atoms with E-state index in [1.807, 2.05) is 30.3 Å². The molecule has 5 nitrogen and oxygen atoms in total. The van der Waals surface area contributed by atoms with Crippen LogP contribution in [0.5, 0.6) is 0 Å². The maximum atomic E-state index is 12.9. The number of carbonyl (C=O) groups excluding carboxylic acids is 1. The number of hydrogen-bond donors (Lipinski definition) is 0. The molecule has 1 spiro atoms.